The maximum Gasteiger partial charge on any atom is 0.245 e. The number of hydrogen-bond acceptors (Lipinski definition) is 2. The van der Waals surface area contributed by atoms with E-state index in [0.29, 0.717) is 5.92 Å². The van der Waals surface area contributed by atoms with E-state index in [1.54, 1.807) is 0 Å². The maximum atomic E-state index is 11.0. The zero-order chi connectivity index (χ0) is 9.52. The van der Waals surface area contributed by atoms with Gasteiger partial charge in [0.2, 0.25) is 5.91 Å². The van der Waals surface area contributed by atoms with Crippen LogP contribution in [-0.4, -0.2) is 26.2 Å². The lowest BCUT2D eigenvalue weighted by Gasteiger charge is -2.17. The average Bonchev–Trinajstić information content (AvgIpc) is 2.17. The quantitative estimate of drug-likeness (QED) is 0.663. The highest BCUT2D eigenvalue weighted by Crippen LogP contribution is 2.16. The van der Waals surface area contributed by atoms with Crippen molar-refractivity contribution in [1.29, 1.82) is 0 Å². The van der Waals surface area contributed by atoms with Gasteiger partial charge in [-0.05, 0) is 25.2 Å². The Morgan fingerprint density at radius 2 is 2.46 bits per heavy atom. The van der Waals surface area contributed by atoms with Gasteiger partial charge in [0.15, 0.2) is 0 Å². The molecular formula is C10H17NO2. The Kier molecular flexibility index (Phi) is 4.54. The fourth-order valence-electron chi connectivity index (χ4n) is 1.48. The van der Waals surface area contributed by atoms with E-state index in [2.05, 4.69) is 17.5 Å². The van der Waals surface area contributed by atoms with Crippen molar-refractivity contribution in [1.82, 2.24) is 5.32 Å². The van der Waals surface area contributed by atoms with Gasteiger partial charge in [-0.3, -0.25) is 4.79 Å². The van der Waals surface area contributed by atoms with Crippen LogP contribution in [0.4, 0.5) is 0 Å². The predicted molar refractivity (Wildman–Crippen MR) is 51.4 cm³/mol. The highest BCUT2D eigenvalue weighted by molar-refractivity contribution is 5.77. The Bertz CT molecular complexity index is 189. The molecular weight excluding hydrogens is 166 g/mol. The molecule has 3 nitrogen and oxygen atoms in total. The Morgan fingerprint density at radius 1 is 1.62 bits per heavy atom. The Balaban J connectivity index is 2.11. The van der Waals surface area contributed by atoms with Gasteiger partial charge in [0, 0.05) is 13.7 Å². The maximum absolute atomic E-state index is 11.0. The van der Waals surface area contributed by atoms with Crippen LogP contribution in [0, 0.1) is 5.92 Å². The molecule has 0 aromatic heterocycles. The summed E-state index contributed by atoms with van der Waals surface area (Å²) in [5.74, 6) is 0.600. The summed E-state index contributed by atoms with van der Waals surface area (Å²) in [5, 5.41) is 2.86. The van der Waals surface area contributed by atoms with E-state index in [1.165, 1.54) is 13.5 Å². The molecule has 1 aliphatic rings. The molecule has 0 aromatic carbocycles. The second-order valence-electron chi connectivity index (χ2n) is 3.39. The molecule has 0 aliphatic heterocycles. The third-order valence-corrected chi connectivity index (χ3v) is 2.24. The van der Waals surface area contributed by atoms with E-state index in [9.17, 15) is 4.79 Å². The van der Waals surface area contributed by atoms with Crippen molar-refractivity contribution in [2.45, 2.75) is 19.3 Å². The molecule has 1 aliphatic carbocycles. The fourth-order valence-corrected chi connectivity index (χ4v) is 1.48. The molecule has 1 unspecified atom stereocenters. The van der Waals surface area contributed by atoms with Crippen LogP contribution >= 0.6 is 0 Å². The van der Waals surface area contributed by atoms with Crippen LogP contribution in [-0.2, 0) is 9.53 Å². The second-order valence-corrected chi connectivity index (χ2v) is 3.39. The van der Waals surface area contributed by atoms with Crippen molar-refractivity contribution in [3.05, 3.63) is 12.2 Å². The fraction of sp³-hybridized carbons (Fsp3) is 0.700. The van der Waals surface area contributed by atoms with E-state index in [0.717, 1.165) is 19.4 Å². The first-order valence-corrected chi connectivity index (χ1v) is 4.73. The monoisotopic (exact) mass is 183 g/mol. The Labute approximate surface area is 79.2 Å². The molecule has 74 valence electrons. The molecule has 0 saturated carbocycles. The minimum absolute atomic E-state index is 0.0166. The minimum atomic E-state index is -0.0166. The summed E-state index contributed by atoms with van der Waals surface area (Å²) >= 11 is 0. The van der Waals surface area contributed by atoms with Crippen LogP contribution in [0.5, 0.6) is 0 Å². The van der Waals surface area contributed by atoms with Crippen LogP contribution in [0.3, 0.4) is 0 Å². The third-order valence-electron chi connectivity index (χ3n) is 2.24. The molecule has 1 amide bonds. The van der Waals surface area contributed by atoms with E-state index in [1.807, 2.05) is 0 Å². The van der Waals surface area contributed by atoms with Gasteiger partial charge in [0.25, 0.3) is 0 Å². The van der Waals surface area contributed by atoms with Crippen LogP contribution in [0.25, 0.3) is 0 Å². The summed E-state index contributed by atoms with van der Waals surface area (Å²) < 4.78 is 4.72. The molecule has 0 saturated heterocycles. The van der Waals surface area contributed by atoms with E-state index in [-0.39, 0.29) is 12.5 Å². The lowest BCUT2D eigenvalue weighted by Crippen LogP contribution is -2.32. The number of ether oxygens (including phenoxy) is 1. The molecule has 0 spiro atoms. The van der Waals surface area contributed by atoms with Crippen molar-refractivity contribution in [2.24, 2.45) is 5.92 Å². The zero-order valence-corrected chi connectivity index (χ0v) is 8.08. The van der Waals surface area contributed by atoms with Gasteiger partial charge in [-0.2, -0.15) is 0 Å². The van der Waals surface area contributed by atoms with E-state index in [4.69, 9.17) is 4.74 Å². The van der Waals surface area contributed by atoms with Gasteiger partial charge < -0.3 is 10.1 Å². The highest BCUT2D eigenvalue weighted by Gasteiger charge is 2.10. The first-order chi connectivity index (χ1) is 6.33. The number of amides is 1. The number of hydrogen-bond donors (Lipinski definition) is 1. The largest absolute Gasteiger partial charge is 0.375 e. The van der Waals surface area contributed by atoms with Crippen LogP contribution in [0.15, 0.2) is 12.2 Å². The van der Waals surface area contributed by atoms with E-state index >= 15 is 0 Å². The summed E-state index contributed by atoms with van der Waals surface area (Å²) in [5.41, 5.74) is 0. The molecule has 0 aromatic rings. The Hall–Kier alpha value is -0.830. The van der Waals surface area contributed by atoms with Crippen LogP contribution in [0.1, 0.15) is 19.3 Å². The van der Waals surface area contributed by atoms with Gasteiger partial charge in [0.05, 0.1) is 0 Å². The normalized spacial score (nSPS) is 21.5. The Morgan fingerprint density at radius 3 is 3.08 bits per heavy atom. The third kappa shape index (κ3) is 4.08. The average molecular weight is 183 g/mol. The standard InChI is InChI=1S/C10H17NO2/c1-13-8-10(12)11-7-9-5-3-2-4-6-9/h2-3,9H,4-8H2,1H3,(H,11,12). The topological polar surface area (TPSA) is 38.3 Å². The van der Waals surface area contributed by atoms with Crippen molar-refractivity contribution in [3.63, 3.8) is 0 Å². The SMILES string of the molecule is COCC(=O)NCC1CC=CCC1. The number of allylic oxidation sites excluding steroid dienone is 2. The van der Waals surface area contributed by atoms with Crippen molar-refractivity contribution >= 4 is 5.91 Å². The van der Waals surface area contributed by atoms with Crippen LogP contribution in [0.2, 0.25) is 0 Å². The van der Waals surface area contributed by atoms with Gasteiger partial charge in [-0.1, -0.05) is 12.2 Å². The molecule has 0 fully saturated rings. The lowest BCUT2D eigenvalue weighted by molar-refractivity contribution is -0.124. The summed E-state index contributed by atoms with van der Waals surface area (Å²) in [6.07, 6.45) is 7.81. The zero-order valence-electron chi connectivity index (χ0n) is 8.08. The summed E-state index contributed by atoms with van der Waals surface area (Å²) in [7, 11) is 1.53. The van der Waals surface area contributed by atoms with Crippen molar-refractivity contribution in [3.8, 4) is 0 Å². The number of carbonyl (C=O) groups is 1. The molecule has 13 heavy (non-hydrogen) atoms. The number of nitrogens with one attached hydrogen (secondary N) is 1. The molecule has 0 bridgehead atoms. The van der Waals surface area contributed by atoms with Gasteiger partial charge in [-0.25, -0.2) is 0 Å². The molecule has 1 rings (SSSR count). The predicted octanol–water partition coefficient (Wildman–Crippen LogP) is 1.11. The number of rotatable bonds is 4. The van der Waals surface area contributed by atoms with E-state index < -0.39 is 0 Å². The summed E-state index contributed by atoms with van der Waals surface area (Å²) in [4.78, 5) is 11.0. The van der Waals surface area contributed by atoms with Gasteiger partial charge in [0.1, 0.15) is 6.61 Å². The van der Waals surface area contributed by atoms with Gasteiger partial charge >= 0.3 is 0 Å². The molecule has 1 N–H and O–H groups in total. The molecule has 0 radical (unpaired) electrons. The van der Waals surface area contributed by atoms with Crippen molar-refractivity contribution in [2.75, 3.05) is 20.3 Å². The first kappa shape index (κ1) is 10.3. The minimum Gasteiger partial charge on any atom is -0.375 e. The lowest BCUT2D eigenvalue weighted by atomic mass is 9.94. The van der Waals surface area contributed by atoms with Crippen LogP contribution < -0.4 is 5.32 Å². The molecule has 1 atom stereocenters. The molecule has 3 heteroatoms. The number of methoxy groups -OCH3 is 1. The summed E-state index contributed by atoms with van der Waals surface area (Å²) in [6, 6.07) is 0. The second kappa shape index (κ2) is 5.75. The smallest absolute Gasteiger partial charge is 0.245 e. The van der Waals surface area contributed by atoms with Crippen molar-refractivity contribution < 1.29 is 9.53 Å². The number of carbonyl (C=O) groups excluding carboxylic acids is 1. The highest BCUT2D eigenvalue weighted by atomic mass is 16.5. The first-order valence-electron chi connectivity index (χ1n) is 4.73. The van der Waals surface area contributed by atoms with Gasteiger partial charge in [-0.15, -0.1) is 0 Å². The molecule has 0 heterocycles. The summed E-state index contributed by atoms with van der Waals surface area (Å²) in [6.45, 7) is 0.953.